The third-order valence-corrected chi connectivity index (χ3v) is 3.24. The van der Waals surface area contributed by atoms with E-state index in [9.17, 15) is 4.79 Å². The lowest BCUT2D eigenvalue weighted by Crippen LogP contribution is -2.38. The monoisotopic (exact) mass is 278 g/mol. The molecule has 0 saturated heterocycles. The molecule has 4 nitrogen and oxygen atoms in total. The van der Waals surface area contributed by atoms with E-state index in [1.54, 1.807) is 0 Å². The van der Waals surface area contributed by atoms with Crippen LogP contribution in [-0.4, -0.2) is 51.2 Å². The molecule has 0 radical (unpaired) electrons. The number of hydrogen-bond acceptors (Lipinski definition) is 4. The summed E-state index contributed by atoms with van der Waals surface area (Å²) < 4.78 is 4.78. The van der Waals surface area contributed by atoms with Crippen molar-refractivity contribution in [3.63, 3.8) is 0 Å². The van der Waals surface area contributed by atoms with Gasteiger partial charge in [0.15, 0.2) is 0 Å². The maximum absolute atomic E-state index is 11.5. The first-order chi connectivity index (χ1) is 9.51. The number of nitrogens with zero attached hydrogens (tertiary/aromatic N) is 1. The zero-order chi connectivity index (χ0) is 15.0. The molecule has 0 amide bonds. The number of nitrogens with one attached hydrogen (secondary N) is 1. The Hall–Kier alpha value is -1.39. The minimum absolute atomic E-state index is 0.116. The van der Waals surface area contributed by atoms with Crippen molar-refractivity contribution in [3.05, 3.63) is 35.4 Å². The van der Waals surface area contributed by atoms with Gasteiger partial charge in [-0.3, -0.25) is 4.79 Å². The molecule has 0 aliphatic heterocycles. The van der Waals surface area contributed by atoms with Gasteiger partial charge < -0.3 is 15.0 Å². The minimum atomic E-state index is -0.167. The molecule has 0 aromatic heterocycles. The Labute approximate surface area is 122 Å². The van der Waals surface area contributed by atoms with Gasteiger partial charge in [0, 0.05) is 19.1 Å². The van der Waals surface area contributed by atoms with E-state index in [2.05, 4.69) is 41.4 Å². The van der Waals surface area contributed by atoms with Crippen LogP contribution in [0.15, 0.2) is 24.3 Å². The van der Waals surface area contributed by atoms with Crippen LogP contribution in [0.25, 0.3) is 0 Å². The Kier molecular flexibility index (Phi) is 7.26. The van der Waals surface area contributed by atoms with Gasteiger partial charge in [0.1, 0.15) is 0 Å². The summed E-state index contributed by atoms with van der Waals surface area (Å²) >= 11 is 0. The Bertz CT molecular complexity index is 401. The molecule has 20 heavy (non-hydrogen) atoms. The first kappa shape index (κ1) is 16.7. The lowest BCUT2D eigenvalue weighted by Gasteiger charge is -2.19. The van der Waals surface area contributed by atoms with Crippen molar-refractivity contribution < 1.29 is 9.53 Å². The Balaban J connectivity index is 2.56. The molecule has 1 rings (SSSR count). The maximum Gasteiger partial charge on any atom is 0.307 e. The summed E-state index contributed by atoms with van der Waals surface area (Å²) in [5, 5.41) is 3.44. The molecule has 0 spiro atoms. The number of likely N-dealkylation sites (N-methyl/N-ethyl adjacent to an activating group) is 1. The standard InChI is InChI=1S/C16H26N2O2/c1-13-5-7-14(8-6-13)11-15(12-16(19)20-4)17-9-10-18(2)3/h5-8,15,17H,9-12H2,1-4H3. The maximum atomic E-state index is 11.5. The van der Waals surface area contributed by atoms with E-state index in [4.69, 9.17) is 4.74 Å². The van der Waals surface area contributed by atoms with Crippen LogP contribution in [-0.2, 0) is 16.0 Å². The quantitative estimate of drug-likeness (QED) is 0.734. The number of aryl methyl sites for hydroxylation is 1. The summed E-state index contributed by atoms with van der Waals surface area (Å²) in [4.78, 5) is 13.6. The van der Waals surface area contributed by atoms with E-state index >= 15 is 0 Å². The molecular weight excluding hydrogens is 252 g/mol. The average Bonchev–Trinajstić information content (AvgIpc) is 2.40. The highest BCUT2D eigenvalue weighted by molar-refractivity contribution is 5.70. The largest absolute Gasteiger partial charge is 0.469 e. The van der Waals surface area contributed by atoms with Gasteiger partial charge in [0.05, 0.1) is 13.5 Å². The van der Waals surface area contributed by atoms with Crippen LogP contribution in [0.4, 0.5) is 0 Å². The van der Waals surface area contributed by atoms with E-state index in [-0.39, 0.29) is 12.0 Å². The van der Waals surface area contributed by atoms with Gasteiger partial charge >= 0.3 is 5.97 Å². The summed E-state index contributed by atoms with van der Waals surface area (Å²) in [7, 11) is 5.51. The molecule has 4 heteroatoms. The normalized spacial score (nSPS) is 12.4. The second kappa shape index (κ2) is 8.72. The van der Waals surface area contributed by atoms with Gasteiger partial charge in [0.2, 0.25) is 0 Å². The molecule has 0 aliphatic rings. The highest BCUT2D eigenvalue weighted by Crippen LogP contribution is 2.08. The smallest absolute Gasteiger partial charge is 0.307 e. The van der Waals surface area contributed by atoms with Gasteiger partial charge in [-0.2, -0.15) is 0 Å². The molecule has 112 valence electrons. The van der Waals surface area contributed by atoms with Crippen molar-refractivity contribution in [1.29, 1.82) is 0 Å². The number of methoxy groups -OCH3 is 1. The number of benzene rings is 1. The lowest BCUT2D eigenvalue weighted by atomic mass is 10.0. The molecule has 1 aromatic carbocycles. The Morgan fingerprint density at radius 1 is 1.30 bits per heavy atom. The van der Waals surface area contributed by atoms with Crippen LogP contribution in [0, 0.1) is 6.92 Å². The van der Waals surface area contributed by atoms with Crippen LogP contribution in [0.5, 0.6) is 0 Å². The van der Waals surface area contributed by atoms with Gasteiger partial charge in [-0.1, -0.05) is 29.8 Å². The van der Waals surface area contributed by atoms with E-state index in [1.807, 2.05) is 14.1 Å². The molecule has 0 saturated carbocycles. The Morgan fingerprint density at radius 3 is 2.50 bits per heavy atom. The second-order valence-corrected chi connectivity index (χ2v) is 5.42. The van der Waals surface area contributed by atoms with Gasteiger partial charge in [-0.25, -0.2) is 0 Å². The summed E-state index contributed by atoms with van der Waals surface area (Å²) in [6.07, 6.45) is 1.24. The predicted octanol–water partition coefficient (Wildman–Crippen LogP) is 1.62. The van der Waals surface area contributed by atoms with Crippen molar-refractivity contribution in [2.24, 2.45) is 0 Å². The van der Waals surface area contributed by atoms with E-state index in [0.717, 1.165) is 19.5 Å². The third-order valence-electron chi connectivity index (χ3n) is 3.24. The van der Waals surface area contributed by atoms with Gasteiger partial charge in [-0.05, 0) is 33.0 Å². The second-order valence-electron chi connectivity index (χ2n) is 5.42. The van der Waals surface area contributed by atoms with Crippen LogP contribution in [0.2, 0.25) is 0 Å². The molecule has 0 heterocycles. The molecule has 1 N–H and O–H groups in total. The van der Waals surface area contributed by atoms with Crippen molar-refractivity contribution in [2.45, 2.75) is 25.8 Å². The fraction of sp³-hybridized carbons (Fsp3) is 0.562. The van der Waals surface area contributed by atoms with Crippen molar-refractivity contribution in [1.82, 2.24) is 10.2 Å². The summed E-state index contributed by atoms with van der Waals surface area (Å²) in [5.41, 5.74) is 2.49. The number of hydrogen-bond donors (Lipinski definition) is 1. The van der Waals surface area contributed by atoms with Crippen molar-refractivity contribution >= 4 is 5.97 Å². The topological polar surface area (TPSA) is 41.6 Å². The summed E-state index contributed by atoms with van der Waals surface area (Å²) in [6.45, 7) is 3.89. The molecule has 0 fully saturated rings. The highest BCUT2D eigenvalue weighted by atomic mass is 16.5. The van der Waals surface area contributed by atoms with E-state index < -0.39 is 0 Å². The van der Waals surface area contributed by atoms with E-state index in [0.29, 0.717) is 6.42 Å². The molecule has 1 atom stereocenters. The highest BCUT2D eigenvalue weighted by Gasteiger charge is 2.14. The average molecular weight is 278 g/mol. The lowest BCUT2D eigenvalue weighted by molar-refractivity contribution is -0.141. The van der Waals surface area contributed by atoms with Crippen LogP contribution >= 0.6 is 0 Å². The number of carbonyl (C=O) groups excluding carboxylic acids is 1. The summed E-state index contributed by atoms with van der Waals surface area (Å²) in [6, 6.07) is 8.56. The first-order valence-corrected chi connectivity index (χ1v) is 7.01. The van der Waals surface area contributed by atoms with E-state index in [1.165, 1.54) is 18.2 Å². The fourth-order valence-electron chi connectivity index (χ4n) is 2.00. The zero-order valence-corrected chi connectivity index (χ0v) is 13.0. The number of rotatable bonds is 8. The van der Waals surface area contributed by atoms with Crippen molar-refractivity contribution in [2.75, 3.05) is 34.3 Å². The van der Waals surface area contributed by atoms with Gasteiger partial charge in [-0.15, -0.1) is 0 Å². The van der Waals surface area contributed by atoms with Crippen molar-refractivity contribution in [3.8, 4) is 0 Å². The molecule has 1 unspecified atom stereocenters. The molecule has 0 bridgehead atoms. The number of carbonyl (C=O) groups is 1. The van der Waals surface area contributed by atoms with Crippen LogP contribution < -0.4 is 5.32 Å². The molecule has 1 aromatic rings. The Morgan fingerprint density at radius 2 is 1.95 bits per heavy atom. The first-order valence-electron chi connectivity index (χ1n) is 7.01. The third kappa shape index (κ3) is 6.68. The summed E-state index contributed by atoms with van der Waals surface area (Å²) in [5.74, 6) is -0.167. The molecule has 0 aliphatic carbocycles. The van der Waals surface area contributed by atoms with Gasteiger partial charge in [0.25, 0.3) is 0 Å². The predicted molar refractivity (Wildman–Crippen MR) is 81.9 cm³/mol. The van der Waals surface area contributed by atoms with Crippen LogP contribution in [0.1, 0.15) is 17.5 Å². The SMILES string of the molecule is COC(=O)CC(Cc1ccc(C)cc1)NCCN(C)C. The number of ether oxygens (including phenoxy) is 1. The molecular formula is C16H26N2O2. The van der Waals surface area contributed by atoms with Crippen LogP contribution in [0.3, 0.4) is 0 Å². The zero-order valence-electron chi connectivity index (χ0n) is 13.0. The fourth-order valence-corrected chi connectivity index (χ4v) is 2.00. The number of esters is 1. The minimum Gasteiger partial charge on any atom is -0.469 e.